The van der Waals surface area contributed by atoms with E-state index in [1.165, 1.54) is 103 Å². The minimum Gasteiger partial charge on any atom is -0.494 e. The lowest BCUT2D eigenvalue weighted by Gasteiger charge is -2.27. The van der Waals surface area contributed by atoms with Gasteiger partial charge in [-0.3, -0.25) is 4.31 Å². The lowest BCUT2D eigenvalue weighted by molar-refractivity contribution is 0.0686. The van der Waals surface area contributed by atoms with Crippen molar-refractivity contribution in [1.29, 1.82) is 0 Å². The molecule has 16 nitrogen and oxygen atoms in total. The zero-order valence-corrected chi connectivity index (χ0v) is 45.8. The number of fused-ring (bicyclic) bond motifs is 2. The average molecular weight is 1100 g/mol. The van der Waals surface area contributed by atoms with Crippen molar-refractivity contribution in [1.82, 2.24) is 19.1 Å². The molecule has 404 valence electrons. The number of nitrogens with one attached hydrogen (secondary N) is 1. The van der Waals surface area contributed by atoms with Gasteiger partial charge in [0.25, 0.3) is 19.1 Å². The number of nitrogens with zero attached hydrogens (tertiary/aromatic N) is 5. The second-order valence-corrected chi connectivity index (χ2v) is 23.7. The van der Waals surface area contributed by atoms with Crippen LogP contribution in [0, 0.1) is 11.8 Å². The van der Waals surface area contributed by atoms with Crippen LogP contribution in [0.2, 0.25) is 0 Å². The molecular weight excluding hydrogens is 1040 g/mol. The Hall–Kier alpha value is -7.41. The van der Waals surface area contributed by atoms with E-state index in [4.69, 9.17) is 40.3 Å². The van der Waals surface area contributed by atoms with Gasteiger partial charge in [0.2, 0.25) is 0 Å². The highest BCUT2D eigenvalue weighted by atomic mass is 35.7. The fraction of sp³-hybridized carbons (Fsp3) is 0.310. The zero-order chi connectivity index (χ0) is 54.9. The molecule has 0 spiro atoms. The molecule has 0 amide bonds. The van der Waals surface area contributed by atoms with Crippen molar-refractivity contribution in [2.75, 3.05) is 36.9 Å². The van der Waals surface area contributed by atoms with Crippen molar-refractivity contribution in [2.24, 2.45) is 11.8 Å². The number of hydrogen-bond acceptors (Lipinski definition) is 11. The first-order valence-electron chi connectivity index (χ1n) is 25.6. The summed E-state index contributed by atoms with van der Waals surface area (Å²) in [6.45, 7) is 7.29. The van der Waals surface area contributed by atoms with E-state index >= 15 is 0 Å². The van der Waals surface area contributed by atoms with Crippen LogP contribution < -0.4 is 19.1 Å². The molecule has 0 aliphatic heterocycles. The first-order valence-corrected chi connectivity index (χ1v) is 29.4. The van der Waals surface area contributed by atoms with Gasteiger partial charge in [-0.25, -0.2) is 36.4 Å². The minimum atomic E-state index is -3.90. The van der Waals surface area contributed by atoms with E-state index in [0.29, 0.717) is 24.8 Å². The Morgan fingerprint density at radius 1 is 0.636 bits per heavy atom. The van der Waals surface area contributed by atoms with E-state index in [2.05, 4.69) is 69.0 Å². The summed E-state index contributed by atoms with van der Waals surface area (Å²) in [7, 11) is 0.774. The number of benzene rings is 4. The molecule has 3 N–H and O–H groups in total. The minimum absolute atomic E-state index is 0.0174. The van der Waals surface area contributed by atoms with E-state index in [9.17, 15) is 26.4 Å². The Morgan fingerprint density at radius 3 is 1.45 bits per heavy atom. The zero-order valence-electron chi connectivity index (χ0n) is 43.4. The van der Waals surface area contributed by atoms with Crippen LogP contribution in [-0.2, 0) is 45.0 Å². The Bertz CT molecular complexity index is 3560. The van der Waals surface area contributed by atoms with Gasteiger partial charge in [0, 0.05) is 72.9 Å². The molecule has 2 saturated carbocycles. The molecule has 77 heavy (non-hydrogen) atoms. The smallest absolute Gasteiger partial charge is 0.335 e. The third-order valence-corrected chi connectivity index (χ3v) is 17.2. The highest BCUT2D eigenvalue weighted by Gasteiger charge is 2.26. The molecule has 2 fully saturated rings. The molecule has 0 atom stereocenters. The standard InChI is InChI=1S/C29H31N3O5S.C22H27N3O.C7H5ClO4S/c1-3-37-26-11-7-20(8-12-26)15-24-16-23-17-25(18-30-28(23)32(24)19-21-5-4-6-21)31(2)38(35,36)27-13-9-22(10-14-27)29(33)34;1-3-26-21-9-7-16(8-10-21)11-20-13-18-12-19(23-2)14-24-22(18)25(20)15-17-5-4-6-17;8-13(11,12)6-3-1-5(2-4-6)7(9)10/h7-14,16-18,21H,3-6,15,19H2,1-2H3,(H,33,34);7-10,12-14,17,23H,3-6,11,15H2,1-2H3;1-4H,(H,9,10). The van der Waals surface area contributed by atoms with E-state index in [1.807, 2.05) is 45.3 Å². The molecule has 2 aliphatic rings. The molecule has 0 unspecified atom stereocenters. The number of carboxylic acids is 2. The molecule has 0 saturated heterocycles. The van der Waals surface area contributed by atoms with Gasteiger partial charge in [0.1, 0.15) is 22.8 Å². The van der Waals surface area contributed by atoms with Gasteiger partial charge in [0.15, 0.2) is 0 Å². The Balaban J connectivity index is 0.000000173. The van der Waals surface area contributed by atoms with E-state index in [0.717, 1.165) is 89.1 Å². The monoisotopic (exact) mass is 1100 g/mol. The maximum absolute atomic E-state index is 13.3. The summed E-state index contributed by atoms with van der Waals surface area (Å²) in [5.74, 6) is 0.993. The molecule has 4 aromatic carbocycles. The molecule has 4 aromatic heterocycles. The average Bonchev–Trinajstić information content (AvgIpc) is 3.99. The van der Waals surface area contributed by atoms with Crippen molar-refractivity contribution >= 4 is 75.1 Å². The van der Waals surface area contributed by atoms with Crippen molar-refractivity contribution in [2.45, 2.75) is 88.1 Å². The Kier molecular flexibility index (Phi) is 17.9. The van der Waals surface area contributed by atoms with Crippen molar-refractivity contribution in [3.63, 3.8) is 0 Å². The number of sulfonamides is 1. The number of aromatic nitrogens is 4. The molecule has 0 bridgehead atoms. The lowest BCUT2D eigenvalue weighted by atomic mass is 9.85. The van der Waals surface area contributed by atoms with Crippen LogP contribution in [0.3, 0.4) is 0 Å². The first kappa shape index (κ1) is 55.8. The number of aromatic carboxylic acids is 2. The van der Waals surface area contributed by atoms with Gasteiger partial charge in [0.05, 0.1) is 57.9 Å². The van der Waals surface area contributed by atoms with Crippen LogP contribution in [-0.4, -0.2) is 85.4 Å². The van der Waals surface area contributed by atoms with Gasteiger partial charge in [-0.15, -0.1) is 0 Å². The molecule has 0 radical (unpaired) electrons. The maximum Gasteiger partial charge on any atom is 0.335 e. The number of hydrogen-bond donors (Lipinski definition) is 3. The van der Waals surface area contributed by atoms with Crippen LogP contribution >= 0.6 is 10.7 Å². The number of anilines is 2. The molecule has 10 rings (SSSR count). The second-order valence-electron chi connectivity index (χ2n) is 19.2. The van der Waals surface area contributed by atoms with Crippen molar-refractivity contribution in [3.8, 4) is 11.5 Å². The summed E-state index contributed by atoms with van der Waals surface area (Å²) >= 11 is 0. The summed E-state index contributed by atoms with van der Waals surface area (Å²) in [6.07, 6.45) is 12.9. The van der Waals surface area contributed by atoms with Crippen LogP contribution in [0.25, 0.3) is 22.1 Å². The van der Waals surface area contributed by atoms with Gasteiger partial charge >= 0.3 is 11.9 Å². The number of halogens is 1. The van der Waals surface area contributed by atoms with Gasteiger partial charge < -0.3 is 34.1 Å². The predicted octanol–water partition coefficient (Wildman–Crippen LogP) is 11.5. The quantitative estimate of drug-likeness (QED) is 0.0644. The summed E-state index contributed by atoms with van der Waals surface area (Å²) in [5.41, 5.74) is 8.45. The van der Waals surface area contributed by atoms with E-state index in [-0.39, 0.29) is 20.9 Å². The first-order chi connectivity index (χ1) is 36.9. The molecular formula is C58H63ClN6O10S2. The number of rotatable bonds is 19. The van der Waals surface area contributed by atoms with E-state index in [1.54, 1.807) is 6.20 Å². The predicted molar refractivity (Wildman–Crippen MR) is 300 cm³/mol. The lowest BCUT2D eigenvalue weighted by Crippen LogP contribution is -2.26. The number of carboxylic acid groups (broad SMARTS) is 2. The maximum atomic E-state index is 13.3. The van der Waals surface area contributed by atoms with Crippen LogP contribution in [0.5, 0.6) is 11.5 Å². The summed E-state index contributed by atoms with van der Waals surface area (Å²) in [4.78, 5) is 30.9. The largest absolute Gasteiger partial charge is 0.494 e. The van der Waals surface area contributed by atoms with Crippen molar-refractivity contribution < 1.29 is 46.1 Å². The van der Waals surface area contributed by atoms with Crippen LogP contribution in [0.4, 0.5) is 11.4 Å². The van der Waals surface area contributed by atoms with E-state index < -0.39 is 31.0 Å². The fourth-order valence-electron chi connectivity index (χ4n) is 9.25. The van der Waals surface area contributed by atoms with Gasteiger partial charge in [-0.1, -0.05) is 37.1 Å². The molecule has 8 aromatic rings. The highest BCUT2D eigenvalue weighted by Crippen LogP contribution is 2.34. The summed E-state index contributed by atoms with van der Waals surface area (Å²) in [6, 6.07) is 34.9. The van der Waals surface area contributed by atoms with Crippen LogP contribution in [0.15, 0.2) is 144 Å². The summed E-state index contributed by atoms with van der Waals surface area (Å²) < 4.78 is 65.0. The number of ether oxygens (including phenoxy) is 2. The third kappa shape index (κ3) is 13.8. The molecule has 2 aliphatic carbocycles. The Labute approximate surface area is 453 Å². The highest BCUT2D eigenvalue weighted by molar-refractivity contribution is 8.13. The van der Waals surface area contributed by atoms with Gasteiger partial charge in [-0.05, 0) is 160 Å². The number of pyridine rings is 2. The molecule has 4 heterocycles. The SMILES string of the molecule is CCOc1ccc(Cc2cc3cc(N(C)S(=O)(=O)c4ccc(C(=O)O)cc4)cnc3n2CC2CCC2)cc1.CCOc1ccc(Cc2cc3cc(NC)cnc3n2CC2CCC2)cc1.O=C(O)c1ccc(S(=O)(=O)Cl)cc1. The normalized spacial score (nSPS) is 13.6. The third-order valence-electron chi connectivity index (χ3n) is 14.0. The Morgan fingerprint density at radius 2 is 1.06 bits per heavy atom. The van der Waals surface area contributed by atoms with Crippen LogP contribution in [0.1, 0.15) is 95.6 Å². The summed E-state index contributed by atoms with van der Waals surface area (Å²) in [5, 5.41) is 22.9. The topological polar surface area (TPSA) is 212 Å². The number of carbonyl (C=O) groups is 2. The fourth-order valence-corrected chi connectivity index (χ4v) is 11.2. The van der Waals surface area contributed by atoms with Gasteiger partial charge in [-0.2, -0.15) is 0 Å². The molecule has 19 heteroatoms. The van der Waals surface area contributed by atoms with Crippen molar-refractivity contribution in [3.05, 3.63) is 167 Å². The second kappa shape index (κ2) is 24.7.